The van der Waals surface area contributed by atoms with Crippen molar-refractivity contribution in [2.75, 3.05) is 13.2 Å². The Morgan fingerprint density at radius 1 is 0.905 bits per heavy atom. The third kappa shape index (κ3) is 3.01. The molecule has 3 rings (SSSR count). The van der Waals surface area contributed by atoms with Gasteiger partial charge in [0.05, 0.1) is 12.5 Å². The number of aliphatic hydroxyl groups excluding tert-OH is 1. The highest BCUT2D eigenvalue weighted by Gasteiger charge is 2.18. The van der Waals surface area contributed by atoms with E-state index in [9.17, 15) is 0 Å². The highest BCUT2D eigenvalue weighted by molar-refractivity contribution is 5.40. The third-order valence-corrected chi connectivity index (χ3v) is 3.44. The van der Waals surface area contributed by atoms with Crippen molar-refractivity contribution in [1.29, 1.82) is 0 Å². The Bertz CT molecular complexity index is 608. The molecule has 0 aliphatic heterocycles. The summed E-state index contributed by atoms with van der Waals surface area (Å²) in [5, 5.41) is 8.79. The minimum Gasteiger partial charge on any atom is -0.491 e. The summed E-state index contributed by atoms with van der Waals surface area (Å²) in [6.07, 6.45) is 3.87. The summed E-state index contributed by atoms with van der Waals surface area (Å²) < 4.78 is 5.41. The summed E-state index contributed by atoms with van der Waals surface area (Å²) >= 11 is 0. The zero-order chi connectivity index (χ0) is 14.5. The Hall–Kier alpha value is -2.46. The van der Waals surface area contributed by atoms with Crippen LogP contribution in [0.1, 0.15) is 22.9 Å². The number of H-pyrrole nitrogens is 2. The van der Waals surface area contributed by atoms with Crippen LogP contribution in [0.25, 0.3) is 0 Å². The van der Waals surface area contributed by atoms with Crippen LogP contribution in [0.4, 0.5) is 0 Å². The number of hydrogen-bond donors (Lipinski definition) is 3. The number of aromatic nitrogens is 2. The maximum absolute atomic E-state index is 8.79. The Balaban J connectivity index is 1.90. The monoisotopic (exact) mass is 282 g/mol. The van der Waals surface area contributed by atoms with Crippen molar-refractivity contribution in [3.8, 4) is 5.75 Å². The summed E-state index contributed by atoms with van der Waals surface area (Å²) in [5.41, 5.74) is 3.46. The molecular weight excluding hydrogens is 264 g/mol. The quantitative estimate of drug-likeness (QED) is 0.651. The van der Waals surface area contributed by atoms with Crippen LogP contribution in [-0.2, 0) is 0 Å². The van der Waals surface area contributed by atoms with Crippen molar-refractivity contribution < 1.29 is 9.84 Å². The molecule has 0 saturated heterocycles. The molecule has 0 aliphatic rings. The van der Waals surface area contributed by atoms with Gasteiger partial charge in [0, 0.05) is 23.8 Å². The molecule has 0 atom stereocenters. The zero-order valence-electron chi connectivity index (χ0n) is 11.6. The second-order valence-electron chi connectivity index (χ2n) is 4.83. The van der Waals surface area contributed by atoms with Crippen LogP contribution in [0.5, 0.6) is 5.75 Å². The van der Waals surface area contributed by atoms with E-state index in [1.165, 1.54) is 5.56 Å². The van der Waals surface area contributed by atoms with Crippen LogP contribution in [0.3, 0.4) is 0 Å². The summed E-state index contributed by atoms with van der Waals surface area (Å²) in [5.74, 6) is 0.909. The molecule has 4 nitrogen and oxygen atoms in total. The van der Waals surface area contributed by atoms with E-state index in [2.05, 4.69) is 34.2 Å². The van der Waals surface area contributed by atoms with Gasteiger partial charge in [-0.15, -0.1) is 0 Å². The first-order valence-corrected chi connectivity index (χ1v) is 6.98. The lowest BCUT2D eigenvalue weighted by Crippen LogP contribution is -2.05. The number of benzene rings is 1. The smallest absolute Gasteiger partial charge is 0.119 e. The fourth-order valence-corrected chi connectivity index (χ4v) is 2.49. The number of hydrogen-bond acceptors (Lipinski definition) is 2. The van der Waals surface area contributed by atoms with Gasteiger partial charge in [-0.05, 0) is 42.0 Å². The molecule has 0 amide bonds. The number of nitrogens with one attached hydrogen (secondary N) is 2. The molecule has 4 heteroatoms. The van der Waals surface area contributed by atoms with E-state index in [0.717, 1.165) is 17.1 Å². The van der Waals surface area contributed by atoms with Crippen molar-refractivity contribution in [2.24, 2.45) is 0 Å². The average molecular weight is 282 g/mol. The zero-order valence-corrected chi connectivity index (χ0v) is 11.6. The van der Waals surface area contributed by atoms with Gasteiger partial charge in [0.1, 0.15) is 12.4 Å². The number of aliphatic hydroxyl groups is 1. The number of ether oxygens (including phenoxy) is 1. The molecule has 0 radical (unpaired) electrons. The van der Waals surface area contributed by atoms with Gasteiger partial charge >= 0.3 is 0 Å². The lowest BCUT2D eigenvalue weighted by atomic mass is 9.92. The topological polar surface area (TPSA) is 61.0 Å². The molecule has 1 aromatic carbocycles. The van der Waals surface area contributed by atoms with Crippen molar-refractivity contribution in [1.82, 2.24) is 9.97 Å². The van der Waals surface area contributed by atoms with Gasteiger partial charge in [0.15, 0.2) is 0 Å². The van der Waals surface area contributed by atoms with E-state index in [1.807, 2.05) is 36.7 Å². The van der Waals surface area contributed by atoms with E-state index >= 15 is 0 Å². The van der Waals surface area contributed by atoms with Crippen LogP contribution in [-0.4, -0.2) is 28.3 Å². The molecule has 0 fully saturated rings. The molecule has 0 saturated carbocycles. The van der Waals surface area contributed by atoms with E-state index in [-0.39, 0.29) is 12.5 Å². The molecule has 2 aromatic heterocycles. The molecule has 3 aromatic rings. The predicted molar refractivity (Wildman–Crippen MR) is 81.6 cm³/mol. The first-order chi connectivity index (χ1) is 10.4. The Morgan fingerprint density at radius 2 is 1.52 bits per heavy atom. The second kappa shape index (κ2) is 6.33. The lowest BCUT2D eigenvalue weighted by Gasteiger charge is -2.16. The maximum atomic E-state index is 8.79. The maximum Gasteiger partial charge on any atom is 0.119 e. The molecule has 21 heavy (non-hydrogen) atoms. The van der Waals surface area contributed by atoms with Crippen LogP contribution < -0.4 is 4.74 Å². The molecule has 3 N–H and O–H groups in total. The minimum absolute atomic E-state index is 0.0231. The van der Waals surface area contributed by atoms with Gasteiger partial charge in [-0.2, -0.15) is 0 Å². The van der Waals surface area contributed by atoms with Gasteiger partial charge < -0.3 is 19.8 Å². The fourth-order valence-electron chi connectivity index (χ4n) is 2.49. The largest absolute Gasteiger partial charge is 0.491 e. The Kier molecular flexibility index (Phi) is 4.07. The van der Waals surface area contributed by atoms with Crippen molar-refractivity contribution in [3.05, 3.63) is 77.9 Å². The number of rotatable bonds is 6. The molecule has 0 bridgehead atoms. The summed E-state index contributed by atoms with van der Waals surface area (Å²) in [6, 6.07) is 16.2. The van der Waals surface area contributed by atoms with E-state index in [0.29, 0.717) is 6.61 Å². The first kappa shape index (κ1) is 13.5. The standard InChI is InChI=1S/C17H18N2O2/c20-11-12-21-14-7-5-13(6-8-14)17(15-3-1-9-18-15)16-4-2-10-19-16/h1-10,17-20H,11-12H2. The lowest BCUT2D eigenvalue weighted by molar-refractivity contribution is 0.201. The van der Waals surface area contributed by atoms with Crippen molar-refractivity contribution >= 4 is 0 Å². The highest BCUT2D eigenvalue weighted by atomic mass is 16.5. The van der Waals surface area contributed by atoms with Crippen LogP contribution in [0.15, 0.2) is 60.9 Å². The molecule has 0 unspecified atom stereocenters. The van der Waals surface area contributed by atoms with E-state index in [4.69, 9.17) is 9.84 Å². The Morgan fingerprint density at radius 3 is 2.00 bits per heavy atom. The molecule has 0 spiro atoms. The fraction of sp³-hybridized carbons (Fsp3) is 0.176. The summed E-state index contributed by atoms with van der Waals surface area (Å²) in [6.45, 7) is 0.339. The third-order valence-electron chi connectivity index (χ3n) is 3.44. The van der Waals surface area contributed by atoms with Gasteiger partial charge in [-0.3, -0.25) is 0 Å². The van der Waals surface area contributed by atoms with Crippen LogP contribution in [0, 0.1) is 0 Å². The van der Waals surface area contributed by atoms with Crippen molar-refractivity contribution in [3.63, 3.8) is 0 Å². The van der Waals surface area contributed by atoms with Crippen LogP contribution >= 0.6 is 0 Å². The van der Waals surface area contributed by atoms with Crippen LogP contribution in [0.2, 0.25) is 0 Å². The second-order valence-corrected chi connectivity index (χ2v) is 4.83. The van der Waals surface area contributed by atoms with E-state index in [1.54, 1.807) is 0 Å². The van der Waals surface area contributed by atoms with E-state index < -0.39 is 0 Å². The predicted octanol–water partition coefficient (Wildman–Crippen LogP) is 2.89. The number of aromatic amines is 2. The average Bonchev–Trinajstić information content (AvgIpc) is 3.21. The van der Waals surface area contributed by atoms with Gasteiger partial charge in [-0.25, -0.2) is 0 Å². The summed E-state index contributed by atoms with van der Waals surface area (Å²) in [4.78, 5) is 6.58. The van der Waals surface area contributed by atoms with Gasteiger partial charge in [0.25, 0.3) is 0 Å². The van der Waals surface area contributed by atoms with Gasteiger partial charge in [-0.1, -0.05) is 12.1 Å². The highest BCUT2D eigenvalue weighted by Crippen LogP contribution is 2.30. The minimum atomic E-state index is 0.0231. The van der Waals surface area contributed by atoms with Crippen molar-refractivity contribution in [2.45, 2.75) is 5.92 Å². The first-order valence-electron chi connectivity index (χ1n) is 6.98. The van der Waals surface area contributed by atoms with Gasteiger partial charge in [0.2, 0.25) is 0 Å². The summed E-state index contributed by atoms with van der Waals surface area (Å²) in [7, 11) is 0. The molecule has 108 valence electrons. The SMILES string of the molecule is OCCOc1ccc(C(c2ccc[nH]2)c2ccc[nH]2)cc1. The molecule has 0 aliphatic carbocycles. The molecular formula is C17H18N2O2. The normalized spacial score (nSPS) is 11.0. The Labute approximate surface area is 123 Å². The molecule has 2 heterocycles.